The summed E-state index contributed by atoms with van der Waals surface area (Å²) in [5.41, 5.74) is 8.83. The predicted octanol–water partition coefficient (Wildman–Crippen LogP) is 5.62. The van der Waals surface area contributed by atoms with Crippen LogP contribution in [0, 0.1) is 0 Å². The molecule has 0 radical (unpaired) electrons. The molecule has 2 aromatic carbocycles. The SMILES string of the molecule is CC(C)c1cc(C(=O)c2cccc(NC(=O)Nc3c(Cl)cccc3Cl)c2)c2c(N)ncnn12. The molecular weight excluding hydrogens is 463 g/mol. The first kappa shape index (κ1) is 22.6. The molecule has 0 aliphatic rings. The number of aromatic nitrogens is 3. The molecule has 0 fully saturated rings. The summed E-state index contributed by atoms with van der Waals surface area (Å²) in [6.07, 6.45) is 1.36. The van der Waals surface area contributed by atoms with Gasteiger partial charge in [-0.2, -0.15) is 5.10 Å². The summed E-state index contributed by atoms with van der Waals surface area (Å²) in [5, 5.41) is 10.2. The van der Waals surface area contributed by atoms with Crippen molar-refractivity contribution in [2.45, 2.75) is 19.8 Å². The predicted molar refractivity (Wildman–Crippen MR) is 130 cm³/mol. The van der Waals surface area contributed by atoms with E-state index in [4.69, 9.17) is 28.9 Å². The van der Waals surface area contributed by atoms with E-state index < -0.39 is 6.03 Å². The summed E-state index contributed by atoms with van der Waals surface area (Å²) in [6, 6.07) is 12.7. The molecule has 2 heterocycles. The van der Waals surface area contributed by atoms with E-state index in [1.165, 1.54) is 6.33 Å². The Morgan fingerprint density at radius 1 is 1.03 bits per heavy atom. The number of halogens is 2. The average Bonchev–Trinajstić information content (AvgIpc) is 3.17. The van der Waals surface area contributed by atoms with E-state index in [1.807, 2.05) is 13.8 Å². The fourth-order valence-corrected chi connectivity index (χ4v) is 3.96. The van der Waals surface area contributed by atoms with E-state index in [1.54, 1.807) is 53.0 Å². The van der Waals surface area contributed by atoms with Crippen LogP contribution in [0.4, 0.5) is 22.0 Å². The van der Waals surface area contributed by atoms with Crippen LogP contribution in [0.2, 0.25) is 10.0 Å². The number of nitrogen functional groups attached to an aromatic ring is 1. The Hall–Kier alpha value is -3.62. The van der Waals surface area contributed by atoms with Crippen LogP contribution >= 0.6 is 23.2 Å². The number of carbonyl (C=O) groups is 2. The third-order valence-electron chi connectivity index (χ3n) is 5.03. The van der Waals surface area contributed by atoms with Gasteiger partial charge < -0.3 is 16.4 Å². The van der Waals surface area contributed by atoms with Gasteiger partial charge in [-0.25, -0.2) is 14.3 Å². The van der Waals surface area contributed by atoms with Gasteiger partial charge in [0.25, 0.3) is 0 Å². The number of nitrogens with zero attached hydrogens (tertiary/aromatic N) is 3. The van der Waals surface area contributed by atoms with Crippen molar-refractivity contribution in [2.24, 2.45) is 0 Å². The van der Waals surface area contributed by atoms with Crippen molar-refractivity contribution in [3.8, 4) is 0 Å². The molecule has 4 rings (SSSR count). The molecule has 0 aliphatic carbocycles. The molecule has 0 saturated carbocycles. The van der Waals surface area contributed by atoms with Gasteiger partial charge >= 0.3 is 6.03 Å². The summed E-state index contributed by atoms with van der Waals surface area (Å²) in [5.74, 6) is 0.0614. The highest BCUT2D eigenvalue weighted by molar-refractivity contribution is 6.39. The number of benzene rings is 2. The van der Waals surface area contributed by atoms with E-state index in [-0.39, 0.29) is 17.5 Å². The highest BCUT2D eigenvalue weighted by Crippen LogP contribution is 2.30. The minimum absolute atomic E-state index is 0.113. The van der Waals surface area contributed by atoms with Crippen molar-refractivity contribution in [1.29, 1.82) is 0 Å². The molecule has 4 N–H and O–H groups in total. The number of ketones is 1. The number of fused-ring (bicyclic) bond motifs is 1. The molecule has 0 spiro atoms. The van der Waals surface area contributed by atoms with Gasteiger partial charge in [-0.3, -0.25) is 4.79 Å². The second-order valence-corrected chi connectivity index (χ2v) is 8.44. The Labute approximate surface area is 199 Å². The van der Waals surface area contributed by atoms with Crippen LogP contribution in [0.15, 0.2) is 54.9 Å². The average molecular weight is 483 g/mol. The van der Waals surface area contributed by atoms with E-state index >= 15 is 0 Å². The second kappa shape index (κ2) is 9.09. The number of hydrogen-bond acceptors (Lipinski definition) is 5. The number of nitrogens with two attached hydrogens (primary N) is 1. The Morgan fingerprint density at radius 3 is 2.42 bits per heavy atom. The molecule has 2 aromatic heterocycles. The lowest BCUT2D eigenvalue weighted by molar-refractivity contribution is 0.104. The van der Waals surface area contributed by atoms with Gasteiger partial charge in [-0.05, 0) is 36.2 Å². The number of urea groups is 1. The number of amides is 2. The Balaban J connectivity index is 1.62. The zero-order valence-electron chi connectivity index (χ0n) is 17.8. The van der Waals surface area contributed by atoms with Crippen LogP contribution in [0.3, 0.4) is 0 Å². The van der Waals surface area contributed by atoms with Crippen LogP contribution in [0.25, 0.3) is 5.52 Å². The van der Waals surface area contributed by atoms with Gasteiger partial charge in [0.1, 0.15) is 11.8 Å². The molecule has 2 amide bonds. The number of anilines is 3. The first-order valence-corrected chi connectivity index (χ1v) is 10.8. The van der Waals surface area contributed by atoms with Gasteiger partial charge in [0.2, 0.25) is 0 Å². The fourth-order valence-electron chi connectivity index (χ4n) is 3.46. The van der Waals surface area contributed by atoms with E-state index in [9.17, 15) is 9.59 Å². The van der Waals surface area contributed by atoms with Crippen LogP contribution in [0.5, 0.6) is 0 Å². The van der Waals surface area contributed by atoms with E-state index in [0.717, 1.165) is 5.69 Å². The van der Waals surface area contributed by atoms with Gasteiger partial charge in [0.15, 0.2) is 11.6 Å². The van der Waals surface area contributed by atoms with Crippen molar-refractivity contribution < 1.29 is 9.59 Å². The number of hydrogen-bond donors (Lipinski definition) is 3. The summed E-state index contributed by atoms with van der Waals surface area (Å²) >= 11 is 12.2. The molecule has 10 heteroatoms. The van der Waals surface area contributed by atoms with Crippen LogP contribution in [-0.2, 0) is 0 Å². The quantitative estimate of drug-likeness (QED) is 0.319. The highest BCUT2D eigenvalue weighted by Gasteiger charge is 2.22. The summed E-state index contributed by atoms with van der Waals surface area (Å²) in [6.45, 7) is 4.01. The largest absolute Gasteiger partial charge is 0.382 e. The fraction of sp³-hybridized carbons (Fsp3) is 0.130. The van der Waals surface area contributed by atoms with Gasteiger partial charge in [-0.15, -0.1) is 0 Å². The lowest BCUT2D eigenvalue weighted by atomic mass is 10.0. The van der Waals surface area contributed by atoms with Gasteiger partial charge in [0.05, 0.1) is 21.3 Å². The Morgan fingerprint density at radius 2 is 1.73 bits per heavy atom. The first-order chi connectivity index (χ1) is 15.8. The van der Waals surface area contributed by atoms with Gasteiger partial charge in [-0.1, -0.05) is 55.2 Å². The maximum Gasteiger partial charge on any atom is 0.323 e. The number of para-hydroxylation sites is 1. The minimum Gasteiger partial charge on any atom is -0.382 e. The second-order valence-electron chi connectivity index (χ2n) is 7.63. The molecule has 0 unspecified atom stereocenters. The Bertz CT molecular complexity index is 1360. The molecule has 0 saturated heterocycles. The zero-order chi connectivity index (χ0) is 23.7. The zero-order valence-corrected chi connectivity index (χ0v) is 19.3. The topological polar surface area (TPSA) is 114 Å². The number of carbonyl (C=O) groups excluding carboxylic acids is 2. The molecule has 0 aliphatic heterocycles. The van der Waals surface area contributed by atoms with Crippen molar-refractivity contribution in [3.63, 3.8) is 0 Å². The van der Waals surface area contributed by atoms with Crippen molar-refractivity contribution in [1.82, 2.24) is 14.6 Å². The molecule has 0 atom stereocenters. The molecule has 4 aromatic rings. The highest BCUT2D eigenvalue weighted by atomic mass is 35.5. The van der Waals surface area contributed by atoms with E-state index in [0.29, 0.717) is 38.1 Å². The standard InChI is InChI=1S/C23H20Cl2N6O2/c1-12(2)18-10-15(20-22(26)27-11-28-31(18)20)21(32)13-5-3-6-14(9-13)29-23(33)30-19-16(24)7-4-8-17(19)25/h3-12H,1-2H3,(H2,26,27,28)(H2,29,30,33). The molecule has 0 bridgehead atoms. The first-order valence-electron chi connectivity index (χ1n) is 10.0. The van der Waals surface area contributed by atoms with Crippen LogP contribution in [0.1, 0.15) is 41.4 Å². The van der Waals surface area contributed by atoms with Crippen LogP contribution in [-0.4, -0.2) is 26.4 Å². The minimum atomic E-state index is -0.552. The lowest BCUT2D eigenvalue weighted by Gasteiger charge is -2.11. The normalized spacial score (nSPS) is 11.1. The van der Waals surface area contributed by atoms with Crippen LogP contribution < -0.4 is 16.4 Å². The smallest absolute Gasteiger partial charge is 0.323 e. The van der Waals surface area contributed by atoms with Crippen molar-refractivity contribution in [2.75, 3.05) is 16.4 Å². The monoisotopic (exact) mass is 482 g/mol. The van der Waals surface area contributed by atoms with Crippen molar-refractivity contribution >= 4 is 57.7 Å². The molecule has 168 valence electrons. The van der Waals surface area contributed by atoms with Crippen molar-refractivity contribution in [3.05, 3.63) is 81.7 Å². The molecule has 33 heavy (non-hydrogen) atoms. The molecular formula is C23H20Cl2N6O2. The lowest BCUT2D eigenvalue weighted by Crippen LogP contribution is -2.20. The maximum absolute atomic E-state index is 13.4. The third-order valence-corrected chi connectivity index (χ3v) is 5.66. The summed E-state index contributed by atoms with van der Waals surface area (Å²) in [4.78, 5) is 29.9. The Kier molecular flexibility index (Phi) is 6.22. The number of rotatable bonds is 5. The van der Waals surface area contributed by atoms with Gasteiger partial charge in [0, 0.05) is 16.9 Å². The number of nitrogens with one attached hydrogen (secondary N) is 2. The third kappa shape index (κ3) is 4.48. The maximum atomic E-state index is 13.4. The molecule has 8 nitrogen and oxygen atoms in total. The summed E-state index contributed by atoms with van der Waals surface area (Å²) < 4.78 is 1.64. The van der Waals surface area contributed by atoms with E-state index in [2.05, 4.69) is 20.7 Å². The summed E-state index contributed by atoms with van der Waals surface area (Å²) in [7, 11) is 0.